The molecule has 0 saturated heterocycles. The lowest BCUT2D eigenvalue weighted by Gasteiger charge is -2.36. The van der Waals surface area contributed by atoms with E-state index < -0.39 is 5.97 Å². The lowest BCUT2D eigenvalue weighted by molar-refractivity contribution is -0.141. The van der Waals surface area contributed by atoms with Gasteiger partial charge in [0.25, 0.3) is 0 Å². The average molecular weight is 273 g/mol. The molecule has 0 saturated carbocycles. The summed E-state index contributed by atoms with van der Waals surface area (Å²) < 4.78 is 0. The van der Waals surface area contributed by atoms with Gasteiger partial charge in [0, 0.05) is 19.0 Å². The standard InChI is InChI=1S/C16H19NO3/c1-2-3-8-15(18)17-11-13-7-5-4-6-12(13)9-14(17)10-16(19)20/h2,4-7,14H,1,3,8-11H2,(H,19,20)/t14-/m1/s1. The van der Waals surface area contributed by atoms with Crippen molar-refractivity contribution in [2.75, 3.05) is 0 Å². The van der Waals surface area contributed by atoms with E-state index in [-0.39, 0.29) is 18.4 Å². The summed E-state index contributed by atoms with van der Waals surface area (Å²) in [6.45, 7) is 4.12. The normalized spacial score (nSPS) is 17.4. The Balaban J connectivity index is 2.20. The van der Waals surface area contributed by atoms with Crippen LogP contribution in [0.2, 0.25) is 0 Å². The second kappa shape index (κ2) is 6.37. The molecule has 1 aromatic carbocycles. The van der Waals surface area contributed by atoms with Gasteiger partial charge in [-0.2, -0.15) is 0 Å². The number of rotatable bonds is 5. The van der Waals surface area contributed by atoms with Gasteiger partial charge in [-0.3, -0.25) is 9.59 Å². The van der Waals surface area contributed by atoms with E-state index in [9.17, 15) is 9.59 Å². The second-order valence-corrected chi connectivity index (χ2v) is 5.07. The maximum Gasteiger partial charge on any atom is 0.305 e. The van der Waals surface area contributed by atoms with Crippen LogP contribution in [-0.4, -0.2) is 27.9 Å². The zero-order valence-electron chi connectivity index (χ0n) is 11.4. The minimum Gasteiger partial charge on any atom is -0.481 e. The van der Waals surface area contributed by atoms with Crippen LogP contribution in [-0.2, 0) is 22.6 Å². The Morgan fingerprint density at radius 2 is 2.05 bits per heavy atom. The van der Waals surface area contributed by atoms with Gasteiger partial charge >= 0.3 is 5.97 Å². The molecular weight excluding hydrogens is 254 g/mol. The van der Waals surface area contributed by atoms with Gasteiger partial charge in [0.1, 0.15) is 0 Å². The van der Waals surface area contributed by atoms with Crippen molar-refractivity contribution in [2.45, 2.75) is 38.3 Å². The van der Waals surface area contributed by atoms with Gasteiger partial charge in [0.05, 0.1) is 6.42 Å². The molecule has 0 aromatic heterocycles. The molecule has 1 aliphatic rings. The third-order valence-electron chi connectivity index (χ3n) is 3.65. The van der Waals surface area contributed by atoms with Crippen molar-refractivity contribution in [3.05, 3.63) is 48.0 Å². The molecule has 1 aliphatic heterocycles. The third-order valence-corrected chi connectivity index (χ3v) is 3.65. The van der Waals surface area contributed by atoms with Crippen LogP contribution in [0.15, 0.2) is 36.9 Å². The quantitative estimate of drug-likeness (QED) is 0.838. The van der Waals surface area contributed by atoms with Crippen molar-refractivity contribution in [1.82, 2.24) is 4.90 Å². The summed E-state index contributed by atoms with van der Waals surface area (Å²) in [5.74, 6) is -0.860. The monoisotopic (exact) mass is 273 g/mol. The number of carbonyl (C=O) groups is 2. The van der Waals surface area contributed by atoms with E-state index >= 15 is 0 Å². The molecule has 0 unspecified atom stereocenters. The smallest absolute Gasteiger partial charge is 0.305 e. The highest BCUT2D eigenvalue weighted by Gasteiger charge is 2.30. The average Bonchev–Trinajstić information content (AvgIpc) is 2.43. The fraction of sp³-hybridized carbons (Fsp3) is 0.375. The molecule has 1 N–H and O–H groups in total. The van der Waals surface area contributed by atoms with Crippen molar-refractivity contribution >= 4 is 11.9 Å². The first kappa shape index (κ1) is 14.3. The number of allylic oxidation sites excluding steroid dienone is 1. The summed E-state index contributed by atoms with van der Waals surface area (Å²) in [5, 5.41) is 9.04. The van der Waals surface area contributed by atoms with Crippen molar-refractivity contribution < 1.29 is 14.7 Å². The number of carbonyl (C=O) groups excluding carboxylic acids is 1. The highest BCUT2D eigenvalue weighted by molar-refractivity contribution is 5.78. The maximum absolute atomic E-state index is 12.2. The van der Waals surface area contributed by atoms with E-state index in [4.69, 9.17) is 5.11 Å². The summed E-state index contributed by atoms with van der Waals surface area (Å²) in [7, 11) is 0. The topological polar surface area (TPSA) is 57.6 Å². The Hall–Kier alpha value is -2.10. The summed E-state index contributed by atoms with van der Waals surface area (Å²) in [6.07, 6.45) is 3.33. The number of fused-ring (bicyclic) bond motifs is 1. The predicted molar refractivity (Wildman–Crippen MR) is 76.2 cm³/mol. The van der Waals surface area contributed by atoms with Crippen LogP contribution < -0.4 is 0 Å². The zero-order chi connectivity index (χ0) is 14.5. The Morgan fingerprint density at radius 3 is 2.70 bits per heavy atom. The molecule has 0 bridgehead atoms. The number of aliphatic carboxylic acids is 1. The van der Waals surface area contributed by atoms with Crippen molar-refractivity contribution in [1.29, 1.82) is 0 Å². The molecule has 1 amide bonds. The number of nitrogens with zero attached hydrogens (tertiary/aromatic N) is 1. The lowest BCUT2D eigenvalue weighted by atomic mass is 9.92. The molecule has 1 atom stereocenters. The fourth-order valence-corrected chi connectivity index (χ4v) is 2.63. The number of carboxylic acid groups (broad SMARTS) is 1. The second-order valence-electron chi connectivity index (χ2n) is 5.07. The minimum atomic E-state index is -0.865. The first-order valence-corrected chi connectivity index (χ1v) is 6.80. The number of benzene rings is 1. The van der Waals surface area contributed by atoms with Crippen LogP contribution in [0.1, 0.15) is 30.4 Å². The number of hydrogen-bond acceptors (Lipinski definition) is 2. The fourth-order valence-electron chi connectivity index (χ4n) is 2.63. The highest BCUT2D eigenvalue weighted by Crippen LogP contribution is 2.25. The summed E-state index contributed by atoms with van der Waals surface area (Å²) in [4.78, 5) is 25.0. The SMILES string of the molecule is C=CCCC(=O)N1Cc2ccccc2C[C@@H]1CC(=O)O. The molecule has 0 aliphatic carbocycles. The molecule has 20 heavy (non-hydrogen) atoms. The Morgan fingerprint density at radius 1 is 1.35 bits per heavy atom. The molecule has 4 nitrogen and oxygen atoms in total. The predicted octanol–water partition coefficient (Wildman–Crippen LogP) is 2.38. The number of carboxylic acids is 1. The Kier molecular flexibility index (Phi) is 4.56. The Labute approximate surface area is 118 Å². The molecule has 1 heterocycles. The van der Waals surface area contributed by atoms with Crippen LogP contribution in [0.3, 0.4) is 0 Å². The van der Waals surface area contributed by atoms with E-state index in [1.807, 2.05) is 24.3 Å². The summed E-state index contributed by atoms with van der Waals surface area (Å²) in [5.41, 5.74) is 2.26. The van der Waals surface area contributed by atoms with Gasteiger partial charge in [-0.25, -0.2) is 0 Å². The van der Waals surface area contributed by atoms with Crippen LogP contribution in [0.25, 0.3) is 0 Å². The molecule has 0 fully saturated rings. The number of amides is 1. The van der Waals surface area contributed by atoms with E-state index in [2.05, 4.69) is 6.58 Å². The molecule has 0 radical (unpaired) electrons. The van der Waals surface area contributed by atoms with Crippen molar-refractivity contribution in [3.63, 3.8) is 0 Å². The van der Waals surface area contributed by atoms with E-state index in [1.165, 1.54) is 0 Å². The lowest BCUT2D eigenvalue weighted by Crippen LogP contribution is -2.45. The van der Waals surface area contributed by atoms with E-state index in [1.54, 1.807) is 11.0 Å². The first-order chi connectivity index (χ1) is 9.61. The van der Waals surface area contributed by atoms with Gasteiger partial charge in [-0.15, -0.1) is 6.58 Å². The van der Waals surface area contributed by atoms with Crippen molar-refractivity contribution in [3.8, 4) is 0 Å². The van der Waals surface area contributed by atoms with Gasteiger partial charge < -0.3 is 10.0 Å². The zero-order valence-corrected chi connectivity index (χ0v) is 11.4. The minimum absolute atomic E-state index is 0.00523. The molecular formula is C16H19NO3. The van der Waals surface area contributed by atoms with Gasteiger partial charge in [-0.1, -0.05) is 30.3 Å². The summed E-state index contributed by atoms with van der Waals surface area (Å²) in [6, 6.07) is 7.66. The number of hydrogen-bond donors (Lipinski definition) is 1. The molecule has 1 aromatic rings. The van der Waals surface area contributed by atoms with E-state index in [0.717, 1.165) is 11.1 Å². The molecule has 2 rings (SSSR count). The first-order valence-electron chi connectivity index (χ1n) is 6.80. The van der Waals surface area contributed by atoms with Gasteiger partial charge in [0.15, 0.2) is 0 Å². The van der Waals surface area contributed by atoms with Crippen LogP contribution in [0.5, 0.6) is 0 Å². The van der Waals surface area contributed by atoms with Crippen LogP contribution in [0.4, 0.5) is 0 Å². The molecule has 0 spiro atoms. The van der Waals surface area contributed by atoms with Crippen molar-refractivity contribution in [2.24, 2.45) is 0 Å². The van der Waals surface area contributed by atoms with E-state index in [0.29, 0.717) is 25.8 Å². The molecule has 106 valence electrons. The maximum atomic E-state index is 12.2. The third kappa shape index (κ3) is 3.26. The van der Waals surface area contributed by atoms with Gasteiger partial charge in [0.2, 0.25) is 5.91 Å². The summed E-state index contributed by atoms with van der Waals surface area (Å²) >= 11 is 0. The van der Waals surface area contributed by atoms with Crippen LogP contribution >= 0.6 is 0 Å². The van der Waals surface area contributed by atoms with Gasteiger partial charge in [-0.05, 0) is 24.0 Å². The molecule has 4 heteroatoms. The highest BCUT2D eigenvalue weighted by atomic mass is 16.4. The Bertz CT molecular complexity index is 524. The largest absolute Gasteiger partial charge is 0.481 e. The van der Waals surface area contributed by atoms with Crippen LogP contribution in [0, 0.1) is 0 Å².